The Morgan fingerprint density at radius 2 is 2.14 bits per heavy atom. The zero-order valence-electron chi connectivity index (χ0n) is 16.1. The number of carbonyl (C=O) groups excluding carboxylic acids is 1. The predicted octanol–water partition coefficient (Wildman–Crippen LogP) is 4.34. The monoisotopic (exact) mass is 393 g/mol. The van der Waals surface area contributed by atoms with Crippen LogP contribution in [-0.2, 0) is 30.4 Å². The van der Waals surface area contributed by atoms with Gasteiger partial charge < -0.3 is 9.47 Å². The lowest BCUT2D eigenvalue weighted by Crippen LogP contribution is -2.41. The summed E-state index contributed by atoms with van der Waals surface area (Å²) in [7, 11) is 0. The van der Waals surface area contributed by atoms with Crippen molar-refractivity contribution in [2.45, 2.75) is 51.7 Å². The normalized spacial score (nSPS) is 17.7. The summed E-state index contributed by atoms with van der Waals surface area (Å²) in [4.78, 5) is 18.8. The van der Waals surface area contributed by atoms with Crippen LogP contribution in [0.15, 0.2) is 36.7 Å². The number of aromatic nitrogens is 2. The number of rotatable bonds is 6. The number of imidazole rings is 1. The smallest absolute Gasteiger partial charge is 0.341 e. The fourth-order valence-electron chi connectivity index (χ4n) is 3.85. The predicted molar refractivity (Wildman–Crippen MR) is 101 cm³/mol. The van der Waals surface area contributed by atoms with Crippen LogP contribution in [0, 0.1) is 5.92 Å². The van der Waals surface area contributed by atoms with Gasteiger partial charge in [0, 0.05) is 31.9 Å². The summed E-state index contributed by atoms with van der Waals surface area (Å²) in [5.41, 5.74) is 0.0989. The number of nitrogens with zero attached hydrogens (tertiary/aromatic N) is 3. The Balaban J connectivity index is 1.54. The van der Waals surface area contributed by atoms with Crippen molar-refractivity contribution in [3.63, 3.8) is 0 Å². The van der Waals surface area contributed by atoms with E-state index in [4.69, 9.17) is 0 Å². The standard InChI is InChI=1S/C21H26F3N3O/c1-2-19-25-10-12-26(19)15-20(28)27-11-4-6-17(14-27)9-8-16-5-3-7-18(13-16)21(22,23)24/h3,5,7,10,12-13,17H,2,4,6,8-9,11,14-15H2,1H3/t17-/m0/s1. The maximum atomic E-state index is 12.9. The van der Waals surface area contributed by atoms with Crippen LogP contribution in [-0.4, -0.2) is 33.4 Å². The summed E-state index contributed by atoms with van der Waals surface area (Å²) in [6.07, 6.45) is 3.33. The van der Waals surface area contributed by atoms with E-state index in [1.54, 1.807) is 12.3 Å². The van der Waals surface area contributed by atoms with E-state index in [-0.39, 0.29) is 5.91 Å². The molecule has 1 fully saturated rings. The first-order chi connectivity index (χ1) is 13.4. The van der Waals surface area contributed by atoms with Gasteiger partial charge in [0.2, 0.25) is 5.91 Å². The van der Waals surface area contributed by atoms with Crippen molar-refractivity contribution in [1.82, 2.24) is 14.5 Å². The molecule has 2 heterocycles. The molecule has 3 rings (SSSR count). The van der Waals surface area contributed by atoms with E-state index in [2.05, 4.69) is 4.98 Å². The lowest BCUT2D eigenvalue weighted by Gasteiger charge is -2.33. The molecule has 1 aromatic heterocycles. The molecule has 152 valence electrons. The molecule has 4 nitrogen and oxygen atoms in total. The number of aryl methyl sites for hydroxylation is 2. The van der Waals surface area contributed by atoms with Gasteiger partial charge >= 0.3 is 6.18 Å². The lowest BCUT2D eigenvalue weighted by molar-refractivity contribution is -0.137. The van der Waals surface area contributed by atoms with E-state index in [0.717, 1.165) is 44.1 Å². The molecule has 0 N–H and O–H groups in total. The summed E-state index contributed by atoms with van der Waals surface area (Å²) in [5, 5.41) is 0. The van der Waals surface area contributed by atoms with E-state index < -0.39 is 11.7 Å². The van der Waals surface area contributed by atoms with Crippen LogP contribution >= 0.6 is 0 Å². The maximum Gasteiger partial charge on any atom is 0.416 e. The van der Waals surface area contributed by atoms with Crippen LogP contribution in [0.3, 0.4) is 0 Å². The second kappa shape index (κ2) is 8.80. The average Bonchev–Trinajstić information content (AvgIpc) is 3.13. The van der Waals surface area contributed by atoms with Gasteiger partial charge in [-0.2, -0.15) is 13.2 Å². The minimum Gasteiger partial charge on any atom is -0.341 e. The first-order valence-corrected chi connectivity index (χ1v) is 9.80. The number of halogens is 3. The van der Waals surface area contributed by atoms with Gasteiger partial charge in [-0.15, -0.1) is 0 Å². The molecule has 0 unspecified atom stereocenters. The van der Waals surface area contributed by atoms with E-state index in [1.807, 2.05) is 22.6 Å². The van der Waals surface area contributed by atoms with Crippen LogP contribution in [0.5, 0.6) is 0 Å². The topological polar surface area (TPSA) is 38.1 Å². The fraction of sp³-hybridized carbons (Fsp3) is 0.524. The molecule has 7 heteroatoms. The van der Waals surface area contributed by atoms with Gasteiger partial charge in [0.15, 0.2) is 0 Å². The Kier molecular flexibility index (Phi) is 6.42. The Morgan fingerprint density at radius 1 is 1.32 bits per heavy atom. The Labute approximate surface area is 163 Å². The second-order valence-electron chi connectivity index (χ2n) is 7.41. The number of hydrogen-bond donors (Lipinski definition) is 0. The SMILES string of the molecule is CCc1nccn1CC(=O)N1CCC[C@@H](CCc2cccc(C(F)(F)F)c2)C1. The Hall–Kier alpha value is -2.31. The summed E-state index contributed by atoms with van der Waals surface area (Å²) in [6, 6.07) is 5.54. The highest BCUT2D eigenvalue weighted by molar-refractivity contribution is 5.76. The third-order valence-corrected chi connectivity index (χ3v) is 5.39. The molecule has 0 radical (unpaired) electrons. The van der Waals surface area contributed by atoms with Crippen molar-refractivity contribution in [1.29, 1.82) is 0 Å². The molecule has 1 saturated heterocycles. The van der Waals surface area contributed by atoms with Crippen LogP contribution in [0.2, 0.25) is 0 Å². The molecular formula is C21H26F3N3O. The minimum atomic E-state index is -4.31. The summed E-state index contributed by atoms with van der Waals surface area (Å²) >= 11 is 0. The molecule has 1 aromatic carbocycles. The zero-order valence-corrected chi connectivity index (χ0v) is 16.1. The van der Waals surface area contributed by atoms with Crippen LogP contribution in [0.1, 0.15) is 43.1 Å². The third-order valence-electron chi connectivity index (χ3n) is 5.39. The second-order valence-corrected chi connectivity index (χ2v) is 7.41. The molecule has 0 spiro atoms. The fourth-order valence-corrected chi connectivity index (χ4v) is 3.85. The number of piperidine rings is 1. The zero-order chi connectivity index (χ0) is 20.1. The van der Waals surface area contributed by atoms with Crippen molar-refractivity contribution < 1.29 is 18.0 Å². The van der Waals surface area contributed by atoms with Crippen molar-refractivity contribution in [2.24, 2.45) is 5.92 Å². The molecule has 1 atom stereocenters. The van der Waals surface area contributed by atoms with Gasteiger partial charge in [0.05, 0.1) is 5.56 Å². The largest absolute Gasteiger partial charge is 0.416 e. The van der Waals surface area contributed by atoms with Crippen molar-refractivity contribution in [2.75, 3.05) is 13.1 Å². The number of likely N-dealkylation sites (tertiary alicyclic amines) is 1. The Bertz CT molecular complexity index is 800. The molecule has 0 aliphatic carbocycles. The van der Waals surface area contributed by atoms with Gasteiger partial charge in [0.25, 0.3) is 0 Å². The summed E-state index contributed by atoms with van der Waals surface area (Å²) in [5.74, 6) is 1.30. The number of carbonyl (C=O) groups is 1. The van der Waals surface area contributed by atoms with E-state index >= 15 is 0 Å². The van der Waals surface area contributed by atoms with Gasteiger partial charge in [-0.25, -0.2) is 4.98 Å². The van der Waals surface area contributed by atoms with E-state index in [9.17, 15) is 18.0 Å². The highest BCUT2D eigenvalue weighted by atomic mass is 19.4. The molecule has 2 aromatic rings. The van der Waals surface area contributed by atoms with Crippen molar-refractivity contribution in [3.8, 4) is 0 Å². The first-order valence-electron chi connectivity index (χ1n) is 9.80. The average molecular weight is 393 g/mol. The summed E-state index contributed by atoms with van der Waals surface area (Å²) in [6.45, 7) is 3.72. The number of amides is 1. The minimum absolute atomic E-state index is 0.0801. The first kappa shape index (κ1) is 20.4. The van der Waals surface area contributed by atoms with Crippen molar-refractivity contribution in [3.05, 3.63) is 53.6 Å². The van der Waals surface area contributed by atoms with Gasteiger partial charge in [0.1, 0.15) is 12.4 Å². The van der Waals surface area contributed by atoms with Gasteiger partial charge in [-0.3, -0.25) is 4.79 Å². The molecule has 28 heavy (non-hydrogen) atoms. The van der Waals surface area contributed by atoms with E-state index in [1.165, 1.54) is 12.1 Å². The van der Waals surface area contributed by atoms with Crippen LogP contribution in [0.25, 0.3) is 0 Å². The van der Waals surface area contributed by atoms with Gasteiger partial charge in [-0.1, -0.05) is 25.1 Å². The van der Waals surface area contributed by atoms with Crippen molar-refractivity contribution >= 4 is 5.91 Å². The molecular weight excluding hydrogens is 367 g/mol. The quantitative estimate of drug-likeness (QED) is 0.732. The lowest BCUT2D eigenvalue weighted by atomic mass is 9.91. The third kappa shape index (κ3) is 5.14. The molecule has 1 amide bonds. The van der Waals surface area contributed by atoms with Crippen LogP contribution in [0.4, 0.5) is 13.2 Å². The molecule has 0 saturated carbocycles. The van der Waals surface area contributed by atoms with Crippen LogP contribution < -0.4 is 0 Å². The molecule has 1 aliphatic heterocycles. The number of hydrogen-bond acceptors (Lipinski definition) is 2. The Morgan fingerprint density at radius 3 is 2.89 bits per heavy atom. The number of benzene rings is 1. The number of alkyl halides is 3. The highest BCUT2D eigenvalue weighted by Gasteiger charge is 2.30. The summed E-state index contributed by atoms with van der Waals surface area (Å²) < 4.78 is 40.5. The molecule has 0 bridgehead atoms. The van der Waals surface area contributed by atoms with E-state index in [0.29, 0.717) is 31.0 Å². The molecule has 1 aliphatic rings. The highest BCUT2D eigenvalue weighted by Crippen LogP contribution is 2.30. The van der Waals surface area contributed by atoms with Gasteiger partial charge in [-0.05, 0) is 43.2 Å². The maximum absolute atomic E-state index is 12.9.